The first-order valence-corrected chi connectivity index (χ1v) is 8.18. The minimum atomic E-state index is -0.788. The van der Waals surface area contributed by atoms with Gasteiger partial charge in [0, 0.05) is 12.3 Å². The number of nitrogens with one attached hydrogen (secondary N) is 1. The normalized spacial score (nSPS) is 18.5. The molecule has 4 nitrogen and oxygen atoms in total. The number of carbonyl (C=O) groups is 3. The summed E-state index contributed by atoms with van der Waals surface area (Å²) in [4.78, 5) is 35.7. The Morgan fingerprint density at radius 3 is 2.72 bits per heavy atom. The SMILES string of the molecule is O=C[C@@H]1Cc2ccccc2[C@@H]1NC(=O)C(=O)Cc1ccc(Cl)c(F)c1. The third kappa shape index (κ3) is 3.61. The molecular weight excluding hydrogens is 345 g/mol. The lowest BCUT2D eigenvalue weighted by atomic mass is 10.0. The summed E-state index contributed by atoms with van der Waals surface area (Å²) in [5.41, 5.74) is 2.19. The van der Waals surface area contributed by atoms with Crippen molar-refractivity contribution >= 4 is 29.6 Å². The Kier molecular flexibility index (Phi) is 4.95. The third-order valence-electron chi connectivity index (χ3n) is 4.34. The van der Waals surface area contributed by atoms with Crippen LogP contribution in [0.15, 0.2) is 42.5 Å². The van der Waals surface area contributed by atoms with E-state index in [1.807, 2.05) is 24.3 Å². The van der Waals surface area contributed by atoms with Crippen molar-refractivity contribution in [2.24, 2.45) is 5.92 Å². The standard InChI is InChI=1S/C19H15ClFNO3/c20-15-6-5-11(7-16(15)21)8-17(24)19(25)22-18-13(10-23)9-12-3-1-2-4-14(12)18/h1-7,10,13,18H,8-9H2,(H,22,25)/t13-,18+/m0/s1. The second-order valence-electron chi connectivity index (χ2n) is 6.00. The van der Waals surface area contributed by atoms with Gasteiger partial charge in [-0.25, -0.2) is 4.39 Å². The van der Waals surface area contributed by atoms with Gasteiger partial charge in [0.2, 0.25) is 5.78 Å². The molecule has 0 spiro atoms. The summed E-state index contributed by atoms with van der Waals surface area (Å²) in [6.45, 7) is 0. The number of halogens is 2. The molecule has 1 aliphatic rings. The van der Waals surface area contributed by atoms with Gasteiger partial charge in [0.05, 0.1) is 11.1 Å². The Morgan fingerprint density at radius 1 is 1.24 bits per heavy atom. The predicted octanol–water partition coefficient (Wildman–Crippen LogP) is 2.82. The van der Waals surface area contributed by atoms with Gasteiger partial charge in [0.15, 0.2) is 0 Å². The van der Waals surface area contributed by atoms with Gasteiger partial charge in [-0.05, 0) is 35.2 Å². The van der Waals surface area contributed by atoms with Crippen LogP contribution in [0.5, 0.6) is 0 Å². The van der Waals surface area contributed by atoms with E-state index in [1.54, 1.807) is 0 Å². The number of ketones is 1. The van der Waals surface area contributed by atoms with Crippen molar-refractivity contribution in [3.8, 4) is 0 Å². The van der Waals surface area contributed by atoms with Gasteiger partial charge in [-0.2, -0.15) is 0 Å². The number of Topliss-reactive ketones (excluding diaryl/α,β-unsaturated/α-hetero) is 1. The highest BCUT2D eigenvalue weighted by Gasteiger charge is 2.34. The molecule has 1 amide bonds. The molecule has 128 valence electrons. The Bertz CT molecular complexity index is 852. The van der Waals surface area contributed by atoms with Gasteiger partial charge >= 0.3 is 0 Å². The predicted molar refractivity (Wildman–Crippen MR) is 90.7 cm³/mol. The fourth-order valence-corrected chi connectivity index (χ4v) is 3.19. The average molecular weight is 360 g/mol. The number of hydrogen-bond donors (Lipinski definition) is 1. The molecule has 0 saturated carbocycles. The van der Waals surface area contributed by atoms with Crippen LogP contribution in [0.25, 0.3) is 0 Å². The summed E-state index contributed by atoms with van der Waals surface area (Å²) in [5, 5.41) is 2.60. The molecule has 0 heterocycles. The minimum Gasteiger partial charge on any atom is -0.342 e. The van der Waals surface area contributed by atoms with Crippen LogP contribution in [0.1, 0.15) is 22.7 Å². The maximum Gasteiger partial charge on any atom is 0.288 e. The van der Waals surface area contributed by atoms with Crippen LogP contribution in [-0.4, -0.2) is 18.0 Å². The molecule has 0 radical (unpaired) electrons. The number of rotatable bonds is 5. The average Bonchev–Trinajstić information content (AvgIpc) is 2.96. The van der Waals surface area contributed by atoms with Crippen LogP contribution in [0, 0.1) is 11.7 Å². The monoisotopic (exact) mass is 359 g/mol. The highest BCUT2D eigenvalue weighted by atomic mass is 35.5. The smallest absolute Gasteiger partial charge is 0.288 e. The number of hydrogen-bond acceptors (Lipinski definition) is 3. The van der Waals surface area contributed by atoms with Crippen molar-refractivity contribution in [1.82, 2.24) is 5.32 Å². The van der Waals surface area contributed by atoms with Crippen molar-refractivity contribution in [3.05, 3.63) is 70.0 Å². The summed E-state index contributed by atoms with van der Waals surface area (Å²) >= 11 is 5.60. The zero-order valence-electron chi connectivity index (χ0n) is 13.2. The molecule has 25 heavy (non-hydrogen) atoms. The van der Waals surface area contributed by atoms with E-state index in [2.05, 4.69) is 5.32 Å². The number of benzene rings is 2. The van der Waals surface area contributed by atoms with E-state index in [1.165, 1.54) is 12.1 Å². The molecule has 1 N–H and O–H groups in total. The van der Waals surface area contributed by atoms with E-state index in [9.17, 15) is 18.8 Å². The molecule has 1 aliphatic carbocycles. The highest BCUT2D eigenvalue weighted by molar-refractivity contribution is 6.36. The summed E-state index contributed by atoms with van der Waals surface area (Å²) in [5.74, 6) is -2.53. The van der Waals surface area contributed by atoms with Crippen molar-refractivity contribution < 1.29 is 18.8 Å². The van der Waals surface area contributed by atoms with E-state index < -0.39 is 29.5 Å². The minimum absolute atomic E-state index is 0.0444. The fourth-order valence-electron chi connectivity index (χ4n) is 3.07. The zero-order valence-corrected chi connectivity index (χ0v) is 13.9. The first kappa shape index (κ1) is 17.3. The second kappa shape index (κ2) is 7.15. The highest BCUT2D eigenvalue weighted by Crippen LogP contribution is 2.34. The van der Waals surface area contributed by atoms with Gasteiger partial charge < -0.3 is 10.1 Å². The van der Waals surface area contributed by atoms with Gasteiger partial charge in [-0.1, -0.05) is 41.9 Å². The summed E-state index contributed by atoms with van der Waals surface area (Å²) in [6.07, 6.45) is 1.09. The first-order chi connectivity index (χ1) is 12.0. The third-order valence-corrected chi connectivity index (χ3v) is 4.64. The lowest BCUT2D eigenvalue weighted by molar-refractivity contribution is -0.138. The number of carbonyl (C=O) groups excluding carboxylic acids is 3. The Hall–Kier alpha value is -2.53. The summed E-state index contributed by atoms with van der Waals surface area (Å²) < 4.78 is 13.4. The van der Waals surface area contributed by atoms with Crippen LogP contribution in [0.3, 0.4) is 0 Å². The van der Waals surface area contributed by atoms with Crippen molar-refractivity contribution in [3.63, 3.8) is 0 Å². The quantitative estimate of drug-likeness (QED) is 0.659. The summed E-state index contributed by atoms with van der Waals surface area (Å²) in [7, 11) is 0. The number of aldehydes is 1. The summed E-state index contributed by atoms with van der Waals surface area (Å²) in [6, 6.07) is 10.9. The van der Waals surface area contributed by atoms with E-state index in [-0.39, 0.29) is 11.4 Å². The molecule has 3 rings (SSSR count). The Balaban J connectivity index is 1.71. The molecule has 0 fully saturated rings. The molecule has 0 aromatic heterocycles. The first-order valence-electron chi connectivity index (χ1n) is 7.80. The molecule has 0 aliphatic heterocycles. The van der Waals surface area contributed by atoms with Gasteiger partial charge in [-0.3, -0.25) is 9.59 Å². The molecule has 0 unspecified atom stereocenters. The molecule has 2 aromatic carbocycles. The van der Waals surface area contributed by atoms with Crippen molar-refractivity contribution in [1.29, 1.82) is 0 Å². The van der Waals surface area contributed by atoms with E-state index in [0.29, 0.717) is 12.0 Å². The molecule has 2 atom stereocenters. The van der Waals surface area contributed by atoms with Crippen molar-refractivity contribution in [2.45, 2.75) is 18.9 Å². The van der Waals surface area contributed by atoms with Gasteiger partial charge in [0.25, 0.3) is 5.91 Å². The number of fused-ring (bicyclic) bond motifs is 1. The molecular formula is C19H15ClFNO3. The van der Waals surface area contributed by atoms with E-state index in [0.717, 1.165) is 23.5 Å². The van der Waals surface area contributed by atoms with Crippen LogP contribution in [-0.2, 0) is 27.2 Å². The van der Waals surface area contributed by atoms with Crippen LogP contribution in [0.2, 0.25) is 5.02 Å². The second-order valence-corrected chi connectivity index (χ2v) is 6.41. The fraction of sp³-hybridized carbons (Fsp3) is 0.211. The lowest BCUT2D eigenvalue weighted by Gasteiger charge is -2.17. The van der Waals surface area contributed by atoms with Gasteiger partial charge in [-0.15, -0.1) is 0 Å². The topological polar surface area (TPSA) is 63.2 Å². The number of amides is 1. The van der Waals surface area contributed by atoms with Crippen LogP contribution >= 0.6 is 11.6 Å². The van der Waals surface area contributed by atoms with Crippen LogP contribution < -0.4 is 5.32 Å². The van der Waals surface area contributed by atoms with E-state index >= 15 is 0 Å². The Morgan fingerprint density at radius 2 is 2.00 bits per heavy atom. The van der Waals surface area contributed by atoms with Crippen LogP contribution in [0.4, 0.5) is 4.39 Å². The molecule has 6 heteroatoms. The van der Waals surface area contributed by atoms with E-state index in [4.69, 9.17) is 11.6 Å². The zero-order chi connectivity index (χ0) is 18.0. The largest absolute Gasteiger partial charge is 0.342 e. The molecule has 0 saturated heterocycles. The van der Waals surface area contributed by atoms with Gasteiger partial charge in [0.1, 0.15) is 12.1 Å². The van der Waals surface area contributed by atoms with Crippen molar-refractivity contribution in [2.75, 3.05) is 0 Å². The lowest BCUT2D eigenvalue weighted by Crippen LogP contribution is -2.37. The Labute approximate surface area is 149 Å². The maximum absolute atomic E-state index is 13.4. The molecule has 2 aromatic rings. The molecule has 0 bridgehead atoms. The maximum atomic E-state index is 13.4.